The van der Waals surface area contributed by atoms with Crippen molar-refractivity contribution in [1.29, 1.82) is 0 Å². The predicted molar refractivity (Wildman–Crippen MR) is 66.4 cm³/mol. The van der Waals surface area contributed by atoms with Gasteiger partial charge in [0.05, 0.1) is 18.6 Å². The molecular formula is C13H24O4. The Morgan fingerprint density at radius 1 is 1.24 bits per heavy atom. The first-order valence-electron chi connectivity index (χ1n) is 5.96. The van der Waals surface area contributed by atoms with Crippen molar-refractivity contribution in [3.63, 3.8) is 0 Å². The highest BCUT2D eigenvalue weighted by atomic mass is 17.2. The van der Waals surface area contributed by atoms with E-state index in [0.717, 1.165) is 12.0 Å². The van der Waals surface area contributed by atoms with E-state index in [1.54, 1.807) is 0 Å². The van der Waals surface area contributed by atoms with Gasteiger partial charge in [-0.15, -0.1) is 0 Å². The molecular weight excluding hydrogens is 220 g/mol. The standard InChI is InChI=1S/C13H24O4/c1-6-13(4,5)12(14)15-8-7-9-16-17-10-11(2)3/h2,6-10H2,1,3-5H3. The molecule has 0 rings (SSSR count). The van der Waals surface area contributed by atoms with Crippen molar-refractivity contribution in [2.75, 3.05) is 19.8 Å². The molecule has 0 saturated carbocycles. The molecule has 0 aromatic heterocycles. The second-order valence-electron chi connectivity index (χ2n) is 4.77. The van der Waals surface area contributed by atoms with Crippen LogP contribution >= 0.6 is 0 Å². The Morgan fingerprint density at radius 3 is 2.41 bits per heavy atom. The third kappa shape index (κ3) is 7.94. The van der Waals surface area contributed by atoms with Crippen LogP contribution in [0.25, 0.3) is 0 Å². The van der Waals surface area contributed by atoms with Gasteiger partial charge in [0, 0.05) is 6.42 Å². The van der Waals surface area contributed by atoms with Crippen molar-refractivity contribution in [2.45, 2.75) is 40.5 Å². The van der Waals surface area contributed by atoms with E-state index in [-0.39, 0.29) is 5.97 Å². The molecule has 4 heteroatoms. The summed E-state index contributed by atoms with van der Waals surface area (Å²) in [6.45, 7) is 12.4. The number of carbonyl (C=O) groups excluding carboxylic acids is 1. The van der Waals surface area contributed by atoms with Crippen molar-refractivity contribution < 1.29 is 19.3 Å². The molecule has 0 aliphatic rings. The van der Waals surface area contributed by atoms with Gasteiger partial charge < -0.3 is 4.74 Å². The zero-order valence-corrected chi connectivity index (χ0v) is 11.4. The molecule has 0 aliphatic carbocycles. The number of carbonyl (C=O) groups is 1. The van der Waals surface area contributed by atoms with Crippen LogP contribution in [0.5, 0.6) is 0 Å². The molecule has 0 aromatic carbocycles. The van der Waals surface area contributed by atoms with Gasteiger partial charge >= 0.3 is 5.97 Å². The molecule has 0 amide bonds. The highest BCUT2D eigenvalue weighted by Crippen LogP contribution is 2.21. The zero-order chi connectivity index (χ0) is 13.3. The van der Waals surface area contributed by atoms with E-state index in [1.807, 2.05) is 27.7 Å². The SMILES string of the molecule is C=C(C)COOCCCOC(=O)C(C)(C)CC. The van der Waals surface area contributed by atoms with Crippen LogP contribution in [0.1, 0.15) is 40.5 Å². The summed E-state index contributed by atoms with van der Waals surface area (Å²) < 4.78 is 5.13. The number of ether oxygens (including phenoxy) is 1. The molecule has 0 aromatic rings. The van der Waals surface area contributed by atoms with Crippen LogP contribution in [-0.2, 0) is 19.3 Å². The van der Waals surface area contributed by atoms with Crippen molar-refractivity contribution >= 4 is 5.97 Å². The minimum atomic E-state index is -0.405. The van der Waals surface area contributed by atoms with E-state index in [9.17, 15) is 4.79 Å². The summed E-state index contributed by atoms with van der Waals surface area (Å²) in [7, 11) is 0. The third-order valence-electron chi connectivity index (χ3n) is 2.43. The zero-order valence-electron chi connectivity index (χ0n) is 11.4. The Morgan fingerprint density at radius 2 is 1.88 bits per heavy atom. The molecule has 0 atom stereocenters. The maximum atomic E-state index is 11.6. The van der Waals surface area contributed by atoms with Crippen LogP contribution in [0.3, 0.4) is 0 Å². The minimum Gasteiger partial charge on any atom is -0.465 e. The van der Waals surface area contributed by atoms with Crippen molar-refractivity contribution in [2.24, 2.45) is 5.41 Å². The van der Waals surface area contributed by atoms with Gasteiger partial charge in [0.25, 0.3) is 0 Å². The Bertz CT molecular complexity index is 246. The fraction of sp³-hybridized carbons (Fsp3) is 0.769. The molecule has 0 N–H and O–H groups in total. The van der Waals surface area contributed by atoms with E-state index in [1.165, 1.54) is 0 Å². The molecule has 0 saturated heterocycles. The van der Waals surface area contributed by atoms with E-state index in [0.29, 0.717) is 26.2 Å². The first kappa shape index (κ1) is 16.1. The molecule has 0 bridgehead atoms. The largest absolute Gasteiger partial charge is 0.465 e. The quantitative estimate of drug-likeness (QED) is 0.206. The molecule has 0 unspecified atom stereocenters. The smallest absolute Gasteiger partial charge is 0.311 e. The lowest BCUT2D eigenvalue weighted by Crippen LogP contribution is -2.26. The van der Waals surface area contributed by atoms with Gasteiger partial charge in [-0.1, -0.05) is 19.1 Å². The lowest BCUT2D eigenvalue weighted by atomic mass is 9.91. The molecule has 4 nitrogen and oxygen atoms in total. The van der Waals surface area contributed by atoms with E-state index >= 15 is 0 Å². The van der Waals surface area contributed by atoms with Gasteiger partial charge in [-0.05, 0) is 27.2 Å². The summed E-state index contributed by atoms with van der Waals surface area (Å²) in [5.41, 5.74) is 0.498. The Hall–Kier alpha value is -0.870. The summed E-state index contributed by atoms with van der Waals surface area (Å²) >= 11 is 0. The van der Waals surface area contributed by atoms with Crippen LogP contribution in [0, 0.1) is 5.41 Å². The number of hydrogen-bond donors (Lipinski definition) is 0. The van der Waals surface area contributed by atoms with E-state index in [2.05, 4.69) is 6.58 Å². The molecule has 0 aliphatic heterocycles. The first-order valence-corrected chi connectivity index (χ1v) is 5.96. The normalized spacial score (nSPS) is 11.3. The van der Waals surface area contributed by atoms with Crippen molar-refractivity contribution in [3.05, 3.63) is 12.2 Å². The lowest BCUT2D eigenvalue weighted by Gasteiger charge is -2.20. The molecule has 17 heavy (non-hydrogen) atoms. The molecule has 0 fully saturated rings. The summed E-state index contributed by atoms with van der Waals surface area (Å²) in [4.78, 5) is 21.3. The number of hydrogen-bond acceptors (Lipinski definition) is 4. The average Bonchev–Trinajstić information content (AvgIpc) is 2.27. The molecule has 0 heterocycles. The van der Waals surface area contributed by atoms with Gasteiger partial charge in [0.2, 0.25) is 0 Å². The van der Waals surface area contributed by atoms with Crippen molar-refractivity contribution in [1.82, 2.24) is 0 Å². The van der Waals surface area contributed by atoms with Gasteiger partial charge in [0.1, 0.15) is 6.61 Å². The Labute approximate surface area is 104 Å². The van der Waals surface area contributed by atoms with Crippen LogP contribution in [0.4, 0.5) is 0 Å². The molecule has 0 radical (unpaired) electrons. The second-order valence-corrected chi connectivity index (χ2v) is 4.77. The highest BCUT2D eigenvalue weighted by Gasteiger charge is 2.26. The first-order chi connectivity index (χ1) is 7.90. The average molecular weight is 244 g/mol. The predicted octanol–water partition coefficient (Wildman–Crippen LogP) is 2.88. The fourth-order valence-electron chi connectivity index (χ4n) is 0.824. The third-order valence-corrected chi connectivity index (χ3v) is 2.43. The summed E-state index contributed by atoms with van der Waals surface area (Å²) in [5, 5.41) is 0. The fourth-order valence-corrected chi connectivity index (χ4v) is 0.824. The summed E-state index contributed by atoms with van der Waals surface area (Å²) in [6, 6.07) is 0. The highest BCUT2D eigenvalue weighted by molar-refractivity contribution is 5.75. The Balaban J connectivity index is 3.46. The molecule has 100 valence electrons. The number of rotatable bonds is 9. The monoisotopic (exact) mass is 244 g/mol. The van der Waals surface area contributed by atoms with Crippen LogP contribution in [-0.4, -0.2) is 25.8 Å². The topological polar surface area (TPSA) is 44.8 Å². The maximum absolute atomic E-state index is 11.6. The van der Waals surface area contributed by atoms with Crippen LogP contribution < -0.4 is 0 Å². The second kappa shape index (κ2) is 8.25. The minimum absolute atomic E-state index is 0.164. The summed E-state index contributed by atoms with van der Waals surface area (Å²) in [6.07, 6.45) is 1.39. The lowest BCUT2D eigenvalue weighted by molar-refractivity contribution is -0.289. The Kier molecular flexibility index (Phi) is 7.83. The van der Waals surface area contributed by atoms with E-state index in [4.69, 9.17) is 14.5 Å². The van der Waals surface area contributed by atoms with Crippen molar-refractivity contribution in [3.8, 4) is 0 Å². The molecule has 0 spiro atoms. The number of esters is 1. The van der Waals surface area contributed by atoms with Crippen LogP contribution in [0.15, 0.2) is 12.2 Å². The van der Waals surface area contributed by atoms with Gasteiger partial charge in [-0.3, -0.25) is 4.79 Å². The maximum Gasteiger partial charge on any atom is 0.311 e. The summed E-state index contributed by atoms with van der Waals surface area (Å²) in [5.74, 6) is -0.164. The van der Waals surface area contributed by atoms with Gasteiger partial charge in [-0.2, -0.15) is 0 Å². The van der Waals surface area contributed by atoms with E-state index < -0.39 is 5.41 Å². The van der Waals surface area contributed by atoms with Crippen LogP contribution in [0.2, 0.25) is 0 Å². The van der Waals surface area contributed by atoms with Gasteiger partial charge in [0.15, 0.2) is 0 Å². The van der Waals surface area contributed by atoms with Gasteiger partial charge in [-0.25, -0.2) is 9.78 Å².